The van der Waals surface area contributed by atoms with E-state index in [0.717, 1.165) is 4.47 Å². The summed E-state index contributed by atoms with van der Waals surface area (Å²) >= 11 is 3.28. The molecule has 1 fully saturated rings. The molecule has 0 radical (unpaired) electrons. The molecule has 1 aliphatic heterocycles. The Hall–Kier alpha value is -0.980. The third-order valence-corrected chi connectivity index (χ3v) is 3.69. The van der Waals surface area contributed by atoms with Crippen molar-refractivity contribution >= 4 is 21.8 Å². The first-order valence-electron chi connectivity index (χ1n) is 6.07. The topological polar surface area (TPSA) is 52.6 Å². The van der Waals surface area contributed by atoms with Crippen LogP contribution in [0.25, 0.3) is 0 Å². The van der Waals surface area contributed by atoms with Crippen molar-refractivity contribution in [3.8, 4) is 0 Å². The second-order valence-corrected chi connectivity index (χ2v) is 5.70. The monoisotopic (exact) mass is 330 g/mol. The van der Waals surface area contributed by atoms with E-state index in [-0.39, 0.29) is 24.3 Å². The van der Waals surface area contributed by atoms with Gasteiger partial charge in [0.2, 0.25) is 5.91 Å². The smallest absolute Gasteiger partial charge is 0.239 e. The number of benzene rings is 1. The summed E-state index contributed by atoms with van der Waals surface area (Å²) in [6.45, 7) is 0.633. The first kappa shape index (κ1) is 14.4. The number of hydrogen-bond donors (Lipinski definition) is 2. The first-order chi connectivity index (χ1) is 8.97. The Labute approximate surface area is 119 Å². The molecule has 1 aromatic carbocycles. The number of halogens is 2. The normalized spacial score (nSPS) is 22.5. The summed E-state index contributed by atoms with van der Waals surface area (Å²) in [6, 6.07) is 4.27. The molecule has 2 atom stereocenters. The van der Waals surface area contributed by atoms with Crippen molar-refractivity contribution in [2.24, 2.45) is 0 Å². The highest BCUT2D eigenvalue weighted by Gasteiger charge is 2.30. The standard InChI is InChI=1S/C13H16BrFN2O2/c1-17(13(19)12-5-10(18)6-16-12)7-8-4-9(14)2-3-11(8)15/h2-4,10,12,16,18H,5-7H2,1H3. The van der Waals surface area contributed by atoms with E-state index < -0.39 is 6.10 Å². The average molecular weight is 331 g/mol. The molecule has 0 bridgehead atoms. The van der Waals surface area contributed by atoms with E-state index in [1.807, 2.05) is 0 Å². The second kappa shape index (κ2) is 5.98. The Morgan fingerprint density at radius 3 is 3.00 bits per heavy atom. The molecule has 0 saturated carbocycles. The molecule has 19 heavy (non-hydrogen) atoms. The fraction of sp³-hybridized carbons (Fsp3) is 0.462. The minimum Gasteiger partial charge on any atom is -0.392 e. The number of likely N-dealkylation sites (N-methyl/N-ethyl adjacent to an activating group) is 1. The highest BCUT2D eigenvalue weighted by molar-refractivity contribution is 9.10. The van der Waals surface area contributed by atoms with Crippen molar-refractivity contribution in [3.63, 3.8) is 0 Å². The number of nitrogens with one attached hydrogen (secondary N) is 1. The zero-order valence-electron chi connectivity index (χ0n) is 10.6. The molecule has 0 aliphatic carbocycles. The van der Waals surface area contributed by atoms with Gasteiger partial charge in [-0.05, 0) is 24.6 Å². The lowest BCUT2D eigenvalue weighted by Gasteiger charge is -2.21. The lowest BCUT2D eigenvalue weighted by Crippen LogP contribution is -2.41. The van der Waals surface area contributed by atoms with Gasteiger partial charge in [-0.1, -0.05) is 15.9 Å². The van der Waals surface area contributed by atoms with Crippen LogP contribution in [0, 0.1) is 5.82 Å². The van der Waals surface area contributed by atoms with E-state index in [9.17, 15) is 14.3 Å². The fourth-order valence-corrected chi connectivity index (χ4v) is 2.58. The summed E-state index contributed by atoms with van der Waals surface area (Å²) in [6.07, 6.45) is -0.0746. The minimum absolute atomic E-state index is 0.129. The van der Waals surface area contributed by atoms with E-state index in [2.05, 4.69) is 21.2 Å². The maximum atomic E-state index is 13.6. The van der Waals surface area contributed by atoms with E-state index in [0.29, 0.717) is 18.5 Å². The zero-order chi connectivity index (χ0) is 14.0. The van der Waals surface area contributed by atoms with Crippen LogP contribution in [-0.2, 0) is 11.3 Å². The molecule has 104 valence electrons. The molecular weight excluding hydrogens is 315 g/mol. The van der Waals surface area contributed by atoms with Crippen LogP contribution in [0.1, 0.15) is 12.0 Å². The van der Waals surface area contributed by atoms with Gasteiger partial charge in [0, 0.05) is 30.2 Å². The highest BCUT2D eigenvalue weighted by Crippen LogP contribution is 2.18. The predicted molar refractivity (Wildman–Crippen MR) is 73.0 cm³/mol. The van der Waals surface area contributed by atoms with Crippen molar-refractivity contribution < 1.29 is 14.3 Å². The summed E-state index contributed by atoms with van der Waals surface area (Å²) in [5.74, 6) is -0.460. The van der Waals surface area contributed by atoms with Gasteiger partial charge in [-0.15, -0.1) is 0 Å². The Kier molecular flexibility index (Phi) is 4.54. The summed E-state index contributed by atoms with van der Waals surface area (Å²) < 4.78 is 14.4. The Morgan fingerprint density at radius 2 is 2.37 bits per heavy atom. The molecule has 0 spiro atoms. The number of amides is 1. The second-order valence-electron chi connectivity index (χ2n) is 4.78. The molecule has 2 N–H and O–H groups in total. The molecule has 1 aromatic rings. The third-order valence-electron chi connectivity index (χ3n) is 3.20. The quantitative estimate of drug-likeness (QED) is 0.877. The highest BCUT2D eigenvalue weighted by atomic mass is 79.9. The Morgan fingerprint density at radius 1 is 1.63 bits per heavy atom. The van der Waals surface area contributed by atoms with Crippen molar-refractivity contribution in [3.05, 3.63) is 34.1 Å². The number of nitrogens with zero attached hydrogens (tertiary/aromatic N) is 1. The van der Waals surface area contributed by atoms with Crippen LogP contribution in [0.4, 0.5) is 4.39 Å². The fourth-order valence-electron chi connectivity index (χ4n) is 2.17. The van der Waals surface area contributed by atoms with Crippen LogP contribution in [0.15, 0.2) is 22.7 Å². The van der Waals surface area contributed by atoms with Gasteiger partial charge >= 0.3 is 0 Å². The average Bonchev–Trinajstić information content (AvgIpc) is 2.79. The largest absolute Gasteiger partial charge is 0.392 e. The number of hydrogen-bond acceptors (Lipinski definition) is 3. The van der Waals surface area contributed by atoms with Gasteiger partial charge in [-0.2, -0.15) is 0 Å². The van der Waals surface area contributed by atoms with Gasteiger partial charge < -0.3 is 15.3 Å². The molecule has 1 amide bonds. The van der Waals surface area contributed by atoms with E-state index >= 15 is 0 Å². The van der Waals surface area contributed by atoms with Gasteiger partial charge in [-0.3, -0.25) is 4.79 Å². The zero-order valence-corrected chi connectivity index (χ0v) is 12.2. The summed E-state index contributed by atoms with van der Waals surface area (Å²) in [4.78, 5) is 13.6. The molecule has 4 nitrogen and oxygen atoms in total. The molecule has 1 saturated heterocycles. The van der Waals surface area contributed by atoms with Crippen LogP contribution in [0.3, 0.4) is 0 Å². The van der Waals surface area contributed by atoms with Crippen LogP contribution in [-0.4, -0.2) is 41.7 Å². The molecule has 1 heterocycles. The number of aliphatic hydroxyl groups is 1. The van der Waals surface area contributed by atoms with E-state index in [1.54, 1.807) is 19.2 Å². The minimum atomic E-state index is -0.482. The SMILES string of the molecule is CN(Cc1cc(Br)ccc1F)C(=O)C1CC(O)CN1. The molecule has 2 rings (SSSR count). The molecule has 6 heteroatoms. The lowest BCUT2D eigenvalue weighted by molar-refractivity contribution is -0.132. The van der Waals surface area contributed by atoms with Gasteiger partial charge in [0.25, 0.3) is 0 Å². The molecular formula is C13H16BrFN2O2. The lowest BCUT2D eigenvalue weighted by atomic mass is 10.1. The number of aliphatic hydroxyl groups excluding tert-OH is 1. The van der Waals surface area contributed by atoms with Gasteiger partial charge in [0.1, 0.15) is 5.82 Å². The molecule has 2 unspecified atom stereocenters. The first-order valence-corrected chi connectivity index (χ1v) is 6.87. The maximum Gasteiger partial charge on any atom is 0.239 e. The number of carbonyl (C=O) groups excluding carboxylic acids is 1. The van der Waals surface area contributed by atoms with Crippen LogP contribution < -0.4 is 5.32 Å². The van der Waals surface area contributed by atoms with Gasteiger partial charge in [-0.25, -0.2) is 4.39 Å². The van der Waals surface area contributed by atoms with Crippen molar-refractivity contribution in [2.75, 3.05) is 13.6 Å². The maximum absolute atomic E-state index is 13.6. The van der Waals surface area contributed by atoms with Crippen molar-refractivity contribution in [1.29, 1.82) is 0 Å². The van der Waals surface area contributed by atoms with Crippen molar-refractivity contribution in [1.82, 2.24) is 10.2 Å². The number of rotatable bonds is 3. The van der Waals surface area contributed by atoms with Gasteiger partial charge in [0.15, 0.2) is 0 Å². The van der Waals surface area contributed by atoms with Crippen molar-refractivity contribution in [2.45, 2.75) is 25.1 Å². The third kappa shape index (κ3) is 3.52. The Balaban J connectivity index is 2.02. The summed E-state index contributed by atoms with van der Waals surface area (Å²) in [7, 11) is 1.63. The molecule has 0 aromatic heterocycles. The van der Waals surface area contributed by atoms with Gasteiger partial charge in [0.05, 0.1) is 12.1 Å². The number of β-amino-alcohol motifs (C(OH)–C–C–N with tert-alkyl or cyclic N) is 1. The molecule has 1 aliphatic rings. The summed E-state index contributed by atoms with van der Waals surface area (Å²) in [5.41, 5.74) is 0.462. The van der Waals surface area contributed by atoms with E-state index in [1.165, 1.54) is 11.0 Å². The predicted octanol–water partition coefficient (Wildman–Crippen LogP) is 1.27. The van der Waals surface area contributed by atoms with E-state index in [4.69, 9.17) is 0 Å². The van der Waals surface area contributed by atoms with Crippen LogP contribution in [0.5, 0.6) is 0 Å². The summed E-state index contributed by atoms with van der Waals surface area (Å²) in [5, 5.41) is 12.4. The Bertz CT molecular complexity index is 484. The van der Waals surface area contributed by atoms with Crippen LogP contribution in [0.2, 0.25) is 0 Å². The number of carbonyl (C=O) groups is 1. The van der Waals surface area contributed by atoms with Crippen LogP contribution >= 0.6 is 15.9 Å².